The zero-order valence-corrected chi connectivity index (χ0v) is 14.7. The number of hydrogen-bond acceptors (Lipinski definition) is 7. The van der Waals surface area contributed by atoms with Gasteiger partial charge in [-0.25, -0.2) is 23.2 Å². The van der Waals surface area contributed by atoms with E-state index in [1.54, 1.807) is 5.32 Å². The highest BCUT2D eigenvalue weighted by atomic mass is 32.2. The Kier molecular flexibility index (Phi) is 6.01. The van der Waals surface area contributed by atoms with Crippen LogP contribution in [0, 0.1) is 0 Å². The van der Waals surface area contributed by atoms with Gasteiger partial charge in [0, 0.05) is 12.4 Å². The van der Waals surface area contributed by atoms with E-state index in [0.717, 1.165) is 24.5 Å². The number of alkyl halides is 3. The first-order valence-electron chi connectivity index (χ1n) is 7.50. The molecule has 0 aliphatic carbocycles. The van der Waals surface area contributed by atoms with Gasteiger partial charge in [0.25, 0.3) is 0 Å². The van der Waals surface area contributed by atoms with Crippen molar-refractivity contribution in [1.82, 2.24) is 14.7 Å². The summed E-state index contributed by atoms with van der Waals surface area (Å²) in [5.74, 6) is -2.52. The molecule has 8 nitrogen and oxygen atoms in total. The lowest BCUT2D eigenvalue weighted by Crippen LogP contribution is -2.69. The molecule has 1 atom stereocenters. The first-order valence-corrected chi connectivity index (χ1v) is 8.99. The van der Waals surface area contributed by atoms with Crippen LogP contribution in [0.15, 0.2) is 53.7 Å². The molecule has 12 heteroatoms. The molecule has 0 bridgehead atoms. The number of hydrogen-bond donors (Lipinski definition) is 2. The lowest BCUT2D eigenvalue weighted by atomic mass is 10.1. The van der Waals surface area contributed by atoms with Crippen LogP contribution >= 0.6 is 0 Å². The molecule has 0 spiro atoms. The monoisotopic (exact) mass is 404 g/mol. The number of anilines is 1. The number of nitrogens with one attached hydrogen (secondary N) is 2. The molecule has 2 N–H and O–H groups in total. The largest absolute Gasteiger partial charge is 0.463 e. The third-order valence-corrected chi connectivity index (χ3v) is 4.68. The summed E-state index contributed by atoms with van der Waals surface area (Å²) >= 11 is 0. The van der Waals surface area contributed by atoms with Gasteiger partial charge < -0.3 is 10.1 Å². The van der Waals surface area contributed by atoms with Crippen molar-refractivity contribution in [3.8, 4) is 0 Å². The van der Waals surface area contributed by atoms with Crippen molar-refractivity contribution in [2.75, 3.05) is 11.9 Å². The fourth-order valence-corrected chi connectivity index (χ4v) is 3.28. The maximum Gasteiger partial charge on any atom is 0.437 e. The van der Waals surface area contributed by atoms with Crippen molar-refractivity contribution in [2.24, 2.45) is 0 Å². The van der Waals surface area contributed by atoms with Crippen LogP contribution in [0.5, 0.6) is 0 Å². The van der Waals surface area contributed by atoms with Crippen LogP contribution in [-0.4, -0.2) is 42.8 Å². The molecule has 146 valence electrons. The molecule has 0 aliphatic heterocycles. The number of rotatable bonds is 7. The van der Waals surface area contributed by atoms with Crippen LogP contribution in [0.2, 0.25) is 0 Å². The Morgan fingerprint density at radius 2 is 1.70 bits per heavy atom. The fourth-order valence-electron chi connectivity index (χ4n) is 1.99. The Morgan fingerprint density at radius 1 is 1.11 bits per heavy atom. The second-order valence-corrected chi connectivity index (χ2v) is 6.77. The van der Waals surface area contributed by atoms with Gasteiger partial charge in [-0.05, 0) is 25.1 Å². The van der Waals surface area contributed by atoms with Gasteiger partial charge in [0.05, 0.1) is 11.5 Å². The van der Waals surface area contributed by atoms with E-state index in [2.05, 4.69) is 14.7 Å². The predicted octanol–water partition coefficient (Wildman–Crippen LogP) is 1.69. The van der Waals surface area contributed by atoms with Crippen LogP contribution in [0.3, 0.4) is 0 Å². The molecule has 2 aromatic rings. The molecule has 0 aliphatic rings. The van der Waals surface area contributed by atoms with Crippen molar-refractivity contribution in [1.29, 1.82) is 0 Å². The molecule has 0 saturated heterocycles. The van der Waals surface area contributed by atoms with E-state index in [9.17, 15) is 26.4 Å². The third-order valence-electron chi connectivity index (χ3n) is 3.21. The van der Waals surface area contributed by atoms with Crippen molar-refractivity contribution in [3.63, 3.8) is 0 Å². The highest BCUT2D eigenvalue weighted by Crippen LogP contribution is 2.33. The molecule has 1 heterocycles. The summed E-state index contributed by atoms with van der Waals surface area (Å²) in [5.41, 5.74) is -3.83. The maximum atomic E-state index is 13.9. The zero-order chi connectivity index (χ0) is 20.1. The molecule has 27 heavy (non-hydrogen) atoms. The van der Waals surface area contributed by atoms with Crippen LogP contribution < -0.4 is 10.0 Å². The minimum atomic E-state index is -5.43. The van der Waals surface area contributed by atoms with E-state index in [4.69, 9.17) is 0 Å². The average Bonchev–Trinajstić information content (AvgIpc) is 2.62. The summed E-state index contributed by atoms with van der Waals surface area (Å²) in [6, 6.07) is 7.61. The molecular weight excluding hydrogens is 389 g/mol. The van der Waals surface area contributed by atoms with Crippen LogP contribution in [0.4, 0.5) is 19.1 Å². The summed E-state index contributed by atoms with van der Waals surface area (Å²) in [6.07, 6.45) is -3.19. The van der Waals surface area contributed by atoms with Gasteiger partial charge in [-0.3, -0.25) is 0 Å². The molecule has 2 rings (SSSR count). The smallest absolute Gasteiger partial charge is 0.437 e. The summed E-state index contributed by atoms with van der Waals surface area (Å²) in [4.78, 5) is 18.9. The Morgan fingerprint density at radius 3 is 2.22 bits per heavy atom. The topological polar surface area (TPSA) is 110 Å². The predicted molar refractivity (Wildman–Crippen MR) is 87.8 cm³/mol. The molecule has 0 unspecified atom stereocenters. The minimum absolute atomic E-state index is 0.416. The molecule has 0 amide bonds. The quantitative estimate of drug-likeness (QED) is 0.534. The van der Waals surface area contributed by atoms with Gasteiger partial charge in [-0.1, -0.05) is 18.2 Å². The lowest BCUT2D eigenvalue weighted by Gasteiger charge is -2.34. The van der Waals surface area contributed by atoms with Crippen molar-refractivity contribution >= 4 is 21.9 Å². The Labute approximate surface area is 152 Å². The van der Waals surface area contributed by atoms with E-state index in [-0.39, 0.29) is 0 Å². The standard InChI is InChI=1S/C15H15F3N4O4S/c1-2-26-12(23)14(15(16,17)18,21-13-19-9-6-10-20-13)22-27(24,25)11-7-4-3-5-8-11/h3-10,22H,2H2,1H3,(H,19,20,21)/t14-/m0/s1. The second kappa shape index (κ2) is 7.88. The van der Waals surface area contributed by atoms with Crippen molar-refractivity contribution in [2.45, 2.75) is 23.7 Å². The summed E-state index contributed by atoms with van der Waals surface area (Å²) in [7, 11) is -4.77. The first kappa shape index (κ1) is 20.6. The van der Waals surface area contributed by atoms with Gasteiger partial charge >= 0.3 is 17.8 Å². The summed E-state index contributed by atoms with van der Waals surface area (Å²) in [5, 5.41) is 1.73. The first-order chi connectivity index (χ1) is 12.6. The Bertz CT molecular complexity index is 879. The summed E-state index contributed by atoms with van der Waals surface area (Å²) in [6.45, 7) is 0.866. The molecule has 0 radical (unpaired) electrons. The average molecular weight is 404 g/mol. The highest BCUT2D eigenvalue weighted by molar-refractivity contribution is 7.89. The number of carbonyl (C=O) groups is 1. The Hall–Kier alpha value is -2.73. The third kappa shape index (κ3) is 4.52. The van der Waals surface area contributed by atoms with E-state index in [1.165, 1.54) is 35.9 Å². The fraction of sp³-hybridized carbons (Fsp3) is 0.267. The van der Waals surface area contributed by atoms with Crippen LogP contribution in [0.1, 0.15) is 6.92 Å². The molecule has 1 aromatic carbocycles. The van der Waals surface area contributed by atoms with E-state index in [0.29, 0.717) is 0 Å². The molecule has 0 fully saturated rings. The van der Waals surface area contributed by atoms with Crippen molar-refractivity contribution in [3.05, 3.63) is 48.8 Å². The minimum Gasteiger partial charge on any atom is -0.463 e. The lowest BCUT2D eigenvalue weighted by molar-refractivity contribution is -0.203. The molecular formula is C15H15F3N4O4S. The van der Waals surface area contributed by atoms with Gasteiger partial charge in [-0.15, -0.1) is 0 Å². The number of aromatic nitrogens is 2. The highest BCUT2D eigenvalue weighted by Gasteiger charge is 2.65. The molecule has 1 aromatic heterocycles. The van der Waals surface area contributed by atoms with Crippen molar-refractivity contribution < 1.29 is 31.1 Å². The van der Waals surface area contributed by atoms with E-state index >= 15 is 0 Å². The second-order valence-electron chi connectivity index (χ2n) is 5.08. The van der Waals surface area contributed by atoms with Crippen LogP contribution in [0.25, 0.3) is 0 Å². The normalized spacial score (nSPS) is 14.2. The zero-order valence-electron chi connectivity index (χ0n) is 13.9. The number of esters is 1. The van der Waals surface area contributed by atoms with Gasteiger partial charge in [-0.2, -0.15) is 17.9 Å². The summed E-state index contributed by atoms with van der Waals surface area (Å²) < 4.78 is 72.7. The number of carbonyl (C=O) groups excluding carboxylic acids is 1. The number of ether oxygens (including phenoxy) is 1. The van der Waals surface area contributed by atoms with Gasteiger partial charge in [0.15, 0.2) is 0 Å². The van der Waals surface area contributed by atoms with Crippen LogP contribution in [-0.2, 0) is 19.6 Å². The number of sulfonamides is 1. The van der Waals surface area contributed by atoms with Gasteiger partial charge in [0.2, 0.25) is 16.0 Å². The number of nitrogens with zero attached hydrogens (tertiary/aromatic N) is 2. The number of halogens is 3. The van der Waals surface area contributed by atoms with E-state index in [1.807, 2.05) is 0 Å². The van der Waals surface area contributed by atoms with E-state index < -0.39 is 45.3 Å². The van der Waals surface area contributed by atoms with Gasteiger partial charge in [0.1, 0.15) is 0 Å². The maximum absolute atomic E-state index is 13.9. The SMILES string of the molecule is CCOC(=O)[C@](Nc1ncccn1)(NS(=O)(=O)c1ccccc1)C(F)(F)F. The Balaban J connectivity index is 2.58. The molecule has 0 saturated carbocycles. The number of benzene rings is 1.